The molecule has 0 aromatic heterocycles. The molecule has 1 amide bonds. The van der Waals surface area contributed by atoms with Gasteiger partial charge in [-0.2, -0.15) is 0 Å². The first-order valence-corrected chi connectivity index (χ1v) is 32.2. The van der Waals surface area contributed by atoms with Crippen molar-refractivity contribution in [3.05, 3.63) is 24.3 Å². The molecule has 0 aliphatic carbocycles. The summed E-state index contributed by atoms with van der Waals surface area (Å²) in [6.07, 6.45) is 60.3. The number of allylic oxidation sites excluding steroid dienone is 3. The zero-order valence-electron chi connectivity index (χ0n) is 48.0. The van der Waals surface area contributed by atoms with Gasteiger partial charge in [0.05, 0.1) is 33.8 Å². The van der Waals surface area contributed by atoms with Gasteiger partial charge in [0.2, 0.25) is 5.91 Å². The first-order valence-electron chi connectivity index (χ1n) is 30.7. The minimum atomic E-state index is -4.44. The number of amides is 1. The summed E-state index contributed by atoms with van der Waals surface area (Å²) < 4.78 is 30.7. The molecule has 0 heterocycles. The smallest absolute Gasteiger partial charge is 0.456 e. The number of carbonyl (C=O) groups is 2. The first-order chi connectivity index (χ1) is 34.4. The number of nitrogens with zero attached hydrogens (tertiary/aromatic N) is 1. The van der Waals surface area contributed by atoms with Crippen LogP contribution in [0.2, 0.25) is 0 Å². The van der Waals surface area contributed by atoms with Crippen molar-refractivity contribution in [2.45, 2.75) is 315 Å². The number of phosphoric acid groups is 1. The Kier molecular flexibility index (Phi) is 50.8. The molecule has 0 bridgehead atoms. The number of hydrogen-bond donors (Lipinski definition) is 2. The maximum atomic E-state index is 13.5. The highest BCUT2D eigenvalue weighted by molar-refractivity contribution is 7.47. The highest BCUT2D eigenvalue weighted by Gasteiger charge is 2.30. The lowest BCUT2D eigenvalue weighted by molar-refractivity contribution is -0.870. The van der Waals surface area contributed by atoms with Gasteiger partial charge in [-0.1, -0.05) is 257 Å². The van der Waals surface area contributed by atoms with Crippen molar-refractivity contribution < 1.29 is 37.3 Å². The third kappa shape index (κ3) is 53.1. The summed E-state index contributed by atoms with van der Waals surface area (Å²) in [6, 6.07) is -0.841. The van der Waals surface area contributed by atoms with E-state index in [1.807, 2.05) is 33.3 Å². The van der Waals surface area contributed by atoms with Crippen LogP contribution in [0, 0.1) is 0 Å². The molecule has 0 saturated carbocycles. The molecule has 0 spiro atoms. The van der Waals surface area contributed by atoms with Gasteiger partial charge in [-0.05, 0) is 57.4 Å². The normalized spacial score (nSPS) is 13.8. The van der Waals surface area contributed by atoms with E-state index in [2.05, 4.69) is 38.2 Å². The zero-order valence-corrected chi connectivity index (χ0v) is 48.9. The SMILES string of the molecule is CCCCCCCC/C=C/CCCCCCCCCCCCCC(=O)OC(/C=C\CCCCCCCCCCCCC)C(COP(=O)(O)OCC[N+](C)(C)C)NC(=O)CCCCCCCCCCCCC. The number of carbonyl (C=O) groups excluding carboxylic acids is 2. The number of phosphoric ester groups is 1. The first kappa shape index (κ1) is 69.5. The maximum Gasteiger partial charge on any atom is 0.472 e. The van der Waals surface area contributed by atoms with Crippen LogP contribution in [-0.4, -0.2) is 74.3 Å². The fourth-order valence-electron chi connectivity index (χ4n) is 9.11. The molecule has 0 aromatic rings. The third-order valence-electron chi connectivity index (χ3n) is 13.9. The quantitative estimate of drug-likeness (QED) is 0.0205. The number of esters is 1. The molecule has 10 heteroatoms. The van der Waals surface area contributed by atoms with Crippen LogP contribution in [0.3, 0.4) is 0 Å². The number of ether oxygens (including phenoxy) is 1. The van der Waals surface area contributed by atoms with Crippen LogP contribution in [0.4, 0.5) is 0 Å². The molecule has 71 heavy (non-hydrogen) atoms. The Morgan fingerprint density at radius 3 is 1.20 bits per heavy atom. The van der Waals surface area contributed by atoms with E-state index >= 15 is 0 Å². The fraction of sp³-hybridized carbons (Fsp3) is 0.902. The van der Waals surface area contributed by atoms with E-state index < -0.39 is 20.0 Å². The van der Waals surface area contributed by atoms with E-state index in [9.17, 15) is 19.0 Å². The molecule has 0 rings (SSSR count). The number of unbranched alkanes of at least 4 members (excludes halogenated alkanes) is 38. The molecule has 0 aliphatic heterocycles. The van der Waals surface area contributed by atoms with Crippen molar-refractivity contribution in [3.63, 3.8) is 0 Å². The van der Waals surface area contributed by atoms with Crippen molar-refractivity contribution in [3.8, 4) is 0 Å². The van der Waals surface area contributed by atoms with Gasteiger partial charge in [-0.15, -0.1) is 0 Å². The Morgan fingerprint density at radius 2 is 0.817 bits per heavy atom. The predicted octanol–water partition coefficient (Wildman–Crippen LogP) is 18.6. The monoisotopic (exact) mass is 1020 g/mol. The third-order valence-corrected chi connectivity index (χ3v) is 14.9. The summed E-state index contributed by atoms with van der Waals surface area (Å²) in [5.41, 5.74) is 0. The van der Waals surface area contributed by atoms with Gasteiger partial charge in [0.25, 0.3) is 0 Å². The molecule has 9 nitrogen and oxygen atoms in total. The second-order valence-corrected chi connectivity index (χ2v) is 23.7. The van der Waals surface area contributed by atoms with Crippen LogP contribution in [0.1, 0.15) is 303 Å². The summed E-state index contributed by atoms with van der Waals surface area (Å²) in [6.45, 7) is 7.03. The van der Waals surface area contributed by atoms with Gasteiger partial charge >= 0.3 is 13.8 Å². The predicted molar refractivity (Wildman–Crippen MR) is 305 cm³/mol. The number of nitrogens with one attached hydrogen (secondary N) is 1. The van der Waals surface area contributed by atoms with Crippen LogP contribution in [0.25, 0.3) is 0 Å². The molecule has 420 valence electrons. The minimum Gasteiger partial charge on any atom is -0.456 e. The van der Waals surface area contributed by atoms with E-state index in [1.165, 1.54) is 212 Å². The van der Waals surface area contributed by atoms with Crippen molar-refractivity contribution in [1.82, 2.24) is 5.32 Å². The van der Waals surface area contributed by atoms with Gasteiger partial charge in [0.15, 0.2) is 0 Å². The number of likely N-dealkylation sites (N-methyl/N-ethyl adjacent to an activating group) is 1. The van der Waals surface area contributed by atoms with Crippen LogP contribution >= 0.6 is 7.82 Å². The summed E-state index contributed by atoms with van der Waals surface area (Å²) in [4.78, 5) is 37.6. The van der Waals surface area contributed by atoms with E-state index in [0.717, 1.165) is 57.8 Å². The average molecular weight is 1020 g/mol. The Labute approximate surface area is 441 Å². The second-order valence-electron chi connectivity index (χ2n) is 22.2. The van der Waals surface area contributed by atoms with Gasteiger partial charge < -0.3 is 19.4 Å². The summed E-state index contributed by atoms with van der Waals surface area (Å²) in [7, 11) is 1.51. The fourth-order valence-corrected chi connectivity index (χ4v) is 9.85. The number of hydrogen-bond acceptors (Lipinski definition) is 6. The van der Waals surface area contributed by atoms with Crippen LogP contribution in [0.15, 0.2) is 24.3 Å². The van der Waals surface area contributed by atoms with Gasteiger partial charge in [-0.25, -0.2) is 4.57 Å². The van der Waals surface area contributed by atoms with Gasteiger partial charge in [-0.3, -0.25) is 18.6 Å². The Bertz CT molecular complexity index is 1270. The summed E-state index contributed by atoms with van der Waals surface area (Å²) in [5.74, 6) is -0.492. The lowest BCUT2D eigenvalue weighted by atomic mass is 10.0. The molecule has 3 atom stereocenters. The van der Waals surface area contributed by atoms with Crippen LogP contribution in [0.5, 0.6) is 0 Å². The van der Waals surface area contributed by atoms with Gasteiger partial charge in [0.1, 0.15) is 19.3 Å². The zero-order chi connectivity index (χ0) is 52.2. The van der Waals surface area contributed by atoms with E-state index in [1.54, 1.807) is 0 Å². The topological polar surface area (TPSA) is 111 Å². The van der Waals surface area contributed by atoms with Crippen LogP contribution in [-0.2, 0) is 27.9 Å². The molecule has 0 fully saturated rings. The molecular formula is C61H120N2O7P+. The Balaban J connectivity index is 5.18. The molecule has 3 unspecified atom stereocenters. The molecule has 0 saturated heterocycles. The van der Waals surface area contributed by atoms with Crippen LogP contribution < -0.4 is 5.32 Å². The molecule has 0 aromatic carbocycles. The van der Waals surface area contributed by atoms with E-state index in [4.69, 9.17) is 13.8 Å². The number of rotatable bonds is 56. The van der Waals surface area contributed by atoms with Gasteiger partial charge in [0, 0.05) is 12.8 Å². The Hall–Kier alpha value is -1.51. The maximum absolute atomic E-state index is 13.5. The molecular weight excluding hydrogens is 904 g/mol. The number of quaternary nitrogens is 1. The standard InChI is InChI=1S/C61H119N2O7P/c1-7-10-13-16-19-22-25-27-28-29-30-31-32-33-34-36-39-42-45-48-51-54-61(65)70-59(52-49-46-43-40-38-35-26-23-20-17-14-11-8-2)58(57-69-71(66,67)68-56-55-63(4,5)6)62-60(64)53-50-47-44-41-37-24-21-18-15-12-9-3/h27-28,49,52,58-59H,7-26,29-48,50-51,53-57H2,1-6H3,(H-,62,64,66,67)/p+1/b28-27+,52-49-. The minimum absolute atomic E-state index is 0.0438. The molecule has 2 N–H and O–H groups in total. The van der Waals surface area contributed by atoms with E-state index in [0.29, 0.717) is 23.9 Å². The van der Waals surface area contributed by atoms with Crippen molar-refractivity contribution in [2.75, 3.05) is 40.9 Å². The van der Waals surface area contributed by atoms with Crippen molar-refractivity contribution in [1.29, 1.82) is 0 Å². The lowest BCUT2D eigenvalue weighted by Crippen LogP contribution is -2.47. The average Bonchev–Trinajstić information content (AvgIpc) is 3.33. The summed E-state index contributed by atoms with van der Waals surface area (Å²) in [5, 5.41) is 3.05. The van der Waals surface area contributed by atoms with Crippen molar-refractivity contribution in [2.24, 2.45) is 0 Å². The summed E-state index contributed by atoms with van der Waals surface area (Å²) >= 11 is 0. The Morgan fingerprint density at radius 1 is 0.479 bits per heavy atom. The highest BCUT2D eigenvalue weighted by atomic mass is 31.2. The van der Waals surface area contributed by atoms with Crippen molar-refractivity contribution >= 4 is 19.7 Å². The van der Waals surface area contributed by atoms with E-state index in [-0.39, 0.29) is 25.1 Å². The lowest BCUT2D eigenvalue weighted by Gasteiger charge is -2.27. The molecule has 0 aliphatic rings. The molecule has 0 radical (unpaired) electrons. The second kappa shape index (κ2) is 52.0. The largest absolute Gasteiger partial charge is 0.472 e. The highest BCUT2D eigenvalue weighted by Crippen LogP contribution is 2.43.